The van der Waals surface area contributed by atoms with E-state index in [9.17, 15) is 9.59 Å². The first-order valence-electron chi connectivity index (χ1n) is 9.88. The van der Waals surface area contributed by atoms with Crippen molar-refractivity contribution in [1.29, 1.82) is 0 Å². The maximum Gasteiger partial charge on any atom is 0.268 e. The molecule has 0 saturated carbocycles. The predicted molar refractivity (Wildman–Crippen MR) is 102 cm³/mol. The molecule has 2 saturated heterocycles. The molecule has 2 fully saturated rings. The largest absolute Gasteiger partial charge is 0.370 e. The van der Waals surface area contributed by atoms with E-state index in [1.165, 1.54) is 17.5 Å². The third kappa shape index (κ3) is 4.44. The molecule has 7 heteroatoms. The molecule has 3 heterocycles. The fourth-order valence-corrected chi connectivity index (χ4v) is 4.05. The van der Waals surface area contributed by atoms with Gasteiger partial charge in [0, 0.05) is 32.7 Å². The standard InChI is InChI=1S/C19H31N5O2/c1-3-17(24-8-4-5-9-24)19(26)20-13-15-6-10-23(11-7-15)16-12-18(25)22(2)21-14-16/h12,14-15,17H,3-11,13H2,1-2H3,(H,20,26)/t17-/m1/s1. The molecule has 1 aromatic rings. The molecule has 1 amide bonds. The summed E-state index contributed by atoms with van der Waals surface area (Å²) < 4.78 is 1.34. The minimum atomic E-state index is -0.0793. The van der Waals surface area contributed by atoms with Crippen molar-refractivity contribution in [2.24, 2.45) is 13.0 Å². The van der Waals surface area contributed by atoms with Crippen molar-refractivity contribution in [3.05, 3.63) is 22.6 Å². The minimum Gasteiger partial charge on any atom is -0.370 e. The molecule has 144 valence electrons. The van der Waals surface area contributed by atoms with E-state index in [1.807, 2.05) is 0 Å². The quantitative estimate of drug-likeness (QED) is 0.818. The fourth-order valence-electron chi connectivity index (χ4n) is 4.05. The number of amides is 1. The van der Waals surface area contributed by atoms with Crippen LogP contribution in [0.15, 0.2) is 17.1 Å². The molecule has 2 aliphatic rings. The molecule has 1 N–H and O–H groups in total. The van der Waals surface area contributed by atoms with Crippen LogP contribution >= 0.6 is 0 Å². The molecule has 26 heavy (non-hydrogen) atoms. The molecule has 0 aliphatic carbocycles. The van der Waals surface area contributed by atoms with Gasteiger partial charge >= 0.3 is 0 Å². The fraction of sp³-hybridized carbons (Fsp3) is 0.737. The van der Waals surface area contributed by atoms with Crippen LogP contribution in [0.5, 0.6) is 0 Å². The highest BCUT2D eigenvalue weighted by atomic mass is 16.2. The van der Waals surface area contributed by atoms with Gasteiger partial charge in [0.2, 0.25) is 5.91 Å². The lowest BCUT2D eigenvalue weighted by Crippen LogP contribution is -2.47. The van der Waals surface area contributed by atoms with Gasteiger partial charge in [0.25, 0.3) is 5.56 Å². The van der Waals surface area contributed by atoms with Gasteiger partial charge in [-0.15, -0.1) is 0 Å². The average Bonchev–Trinajstić information content (AvgIpc) is 3.18. The Morgan fingerprint density at radius 1 is 1.27 bits per heavy atom. The third-order valence-corrected chi connectivity index (χ3v) is 5.77. The summed E-state index contributed by atoms with van der Waals surface area (Å²) >= 11 is 0. The van der Waals surface area contributed by atoms with Crippen molar-refractivity contribution in [2.45, 2.75) is 45.1 Å². The van der Waals surface area contributed by atoms with Crippen LogP contribution in [0.25, 0.3) is 0 Å². The summed E-state index contributed by atoms with van der Waals surface area (Å²) in [6.07, 6.45) is 7.09. The number of aromatic nitrogens is 2. The Labute approximate surface area is 155 Å². The number of piperidine rings is 1. The van der Waals surface area contributed by atoms with Crippen molar-refractivity contribution >= 4 is 11.6 Å². The number of likely N-dealkylation sites (tertiary alicyclic amines) is 1. The normalized spacial score (nSPS) is 20.3. The zero-order valence-electron chi connectivity index (χ0n) is 16.0. The van der Waals surface area contributed by atoms with Crippen LogP contribution < -0.4 is 15.8 Å². The molecule has 0 radical (unpaired) electrons. The van der Waals surface area contributed by atoms with Crippen LogP contribution in [-0.4, -0.2) is 59.4 Å². The van der Waals surface area contributed by atoms with Gasteiger partial charge in [-0.05, 0) is 51.1 Å². The second-order valence-corrected chi connectivity index (χ2v) is 7.52. The summed E-state index contributed by atoms with van der Waals surface area (Å²) in [5.41, 5.74) is 0.820. The number of hydrogen-bond acceptors (Lipinski definition) is 5. The van der Waals surface area contributed by atoms with E-state index in [2.05, 4.69) is 27.1 Å². The molecular weight excluding hydrogens is 330 g/mol. The molecule has 0 unspecified atom stereocenters. The number of aryl methyl sites for hydroxylation is 1. The Bertz CT molecular complexity index is 660. The molecule has 1 aromatic heterocycles. The number of carbonyl (C=O) groups is 1. The first-order valence-corrected chi connectivity index (χ1v) is 9.88. The van der Waals surface area contributed by atoms with Gasteiger partial charge in [-0.3, -0.25) is 14.5 Å². The van der Waals surface area contributed by atoms with E-state index in [4.69, 9.17) is 0 Å². The van der Waals surface area contributed by atoms with Gasteiger partial charge < -0.3 is 10.2 Å². The van der Waals surface area contributed by atoms with Gasteiger partial charge in [0.05, 0.1) is 17.9 Å². The van der Waals surface area contributed by atoms with Gasteiger partial charge in [-0.1, -0.05) is 6.92 Å². The SMILES string of the molecule is CC[C@H](C(=O)NCC1CCN(c2cnn(C)c(=O)c2)CC1)N1CCCC1. The van der Waals surface area contributed by atoms with Crippen LogP contribution in [0.1, 0.15) is 39.0 Å². The van der Waals surface area contributed by atoms with Crippen molar-refractivity contribution in [3.8, 4) is 0 Å². The Kier molecular flexibility index (Phi) is 6.29. The van der Waals surface area contributed by atoms with E-state index in [-0.39, 0.29) is 17.5 Å². The summed E-state index contributed by atoms with van der Waals surface area (Å²) in [5, 5.41) is 7.29. The second kappa shape index (κ2) is 8.66. The second-order valence-electron chi connectivity index (χ2n) is 7.52. The average molecular weight is 361 g/mol. The maximum atomic E-state index is 12.6. The van der Waals surface area contributed by atoms with Crippen molar-refractivity contribution in [1.82, 2.24) is 20.0 Å². The van der Waals surface area contributed by atoms with Crippen molar-refractivity contribution in [3.63, 3.8) is 0 Å². The lowest BCUT2D eigenvalue weighted by atomic mass is 9.96. The van der Waals surface area contributed by atoms with Gasteiger partial charge in [0.15, 0.2) is 0 Å². The van der Waals surface area contributed by atoms with Crippen LogP contribution in [0.2, 0.25) is 0 Å². The molecule has 2 aliphatic heterocycles. The highest BCUT2D eigenvalue weighted by molar-refractivity contribution is 5.81. The Morgan fingerprint density at radius 2 is 1.96 bits per heavy atom. The van der Waals surface area contributed by atoms with Crippen LogP contribution in [0.4, 0.5) is 5.69 Å². The van der Waals surface area contributed by atoms with Crippen LogP contribution in [0, 0.1) is 5.92 Å². The smallest absolute Gasteiger partial charge is 0.268 e. The van der Waals surface area contributed by atoms with E-state index < -0.39 is 0 Å². The zero-order chi connectivity index (χ0) is 18.5. The summed E-state index contributed by atoms with van der Waals surface area (Å²) in [4.78, 5) is 28.8. The van der Waals surface area contributed by atoms with Crippen molar-refractivity contribution in [2.75, 3.05) is 37.6 Å². The lowest BCUT2D eigenvalue weighted by Gasteiger charge is -2.34. The summed E-state index contributed by atoms with van der Waals surface area (Å²) in [7, 11) is 1.66. The molecule has 7 nitrogen and oxygen atoms in total. The molecule has 0 aromatic carbocycles. The third-order valence-electron chi connectivity index (χ3n) is 5.77. The molecule has 1 atom stereocenters. The highest BCUT2D eigenvalue weighted by Gasteiger charge is 2.27. The minimum absolute atomic E-state index is 0.0317. The topological polar surface area (TPSA) is 70.5 Å². The van der Waals surface area contributed by atoms with Crippen molar-refractivity contribution < 1.29 is 4.79 Å². The van der Waals surface area contributed by atoms with Gasteiger partial charge in [0.1, 0.15) is 0 Å². The lowest BCUT2D eigenvalue weighted by molar-refractivity contribution is -0.126. The predicted octanol–water partition coefficient (Wildman–Crippen LogP) is 0.987. The molecule has 0 spiro atoms. The number of nitrogens with one attached hydrogen (secondary N) is 1. The number of hydrogen-bond donors (Lipinski definition) is 1. The first kappa shape index (κ1) is 18.9. The van der Waals surface area contributed by atoms with Crippen LogP contribution in [-0.2, 0) is 11.8 Å². The van der Waals surface area contributed by atoms with Gasteiger partial charge in [-0.2, -0.15) is 5.10 Å². The summed E-state index contributed by atoms with van der Waals surface area (Å²) in [5.74, 6) is 0.693. The Morgan fingerprint density at radius 3 is 2.58 bits per heavy atom. The number of carbonyl (C=O) groups excluding carboxylic acids is 1. The van der Waals surface area contributed by atoms with E-state index >= 15 is 0 Å². The van der Waals surface area contributed by atoms with Crippen LogP contribution in [0.3, 0.4) is 0 Å². The summed E-state index contributed by atoms with van der Waals surface area (Å²) in [6, 6.07) is 1.68. The number of rotatable bonds is 6. The van der Waals surface area contributed by atoms with E-state index in [1.54, 1.807) is 19.3 Å². The summed E-state index contributed by atoms with van der Waals surface area (Å²) in [6.45, 7) is 6.76. The molecule has 3 rings (SSSR count). The maximum absolute atomic E-state index is 12.6. The number of nitrogens with zero attached hydrogens (tertiary/aromatic N) is 4. The van der Waals surface area contributed by atoms with E-state index in [0.29, 0.717) is 5.92 Å². The number of anilines is 1. The van der Waals surface area contributed by atoms with E-state index in [0.717, 1.165) is 57.7 Å². The molecular formula is C19H31N5O2. The highest BCUT2D eigenvalue weighted by Crippen LogP contribution is 2.21. The zero-order valence-corrected chi connectivity index (χ0v) is 16.0. The monoisotopic (exact) mass is 361 g/mol. The molecule has 0 bridgehead atoms. The van der Waals surface area contributed by atoms with Gasteiger partial charge in [-0.25, -0.2) is 4.68 Å². The first-order chi connectivity index (χ1) is 12.6. The Balaban J connectivity index is 1.45. The Hall–Kier alpha value is -1.89.